The van der Waals surface area contributed by atoms with E-state index in [1.54, 1.807) is 4.90 Å². The first-order valence-electron chi connectivity index (χ1n) is 9.29. The predicted molar refractivity (Wildman–Crippen MR) is 95.2 cm³/mol. The van der Waals surface area contributed by atoms with E-state index >= 15 is 0 Å². The molecule has 3 heterocycles. The van der Waals surface area contributed by atoms with Crippen molar-refractivity contribution >= 4 is 17.7 Å². The van der Waals surface area contributed by atoms with E-state index in [1.807, 2.05) is 18.2 Å². The summed E-state index contributed by atoms with van der Waals surface area (Å²) < 4.78 is 0. The molecule has 2 fully saturated rings. The van der Waals surface area contributed by atoms with Crippen molar-refractivity contribution in [2.75, 3.05) is 19.6 Å². The van der Waals surface area contributed by atoms with E-state index in [0.29, 0.717) is 18.5 Å². The molecular formula is C19H24N4O3. The number of nitrogens with zero attached hydrogens (tertiary/aromatic N) is 1. The van der Waals surface area contributed by atoms with Crippen LogP contribution in [0.1, 0.15) is 40.7 Å². The van der Waals surface area contributed by atoms with Crippen molar-refractivity contribution in [2.24, 2.45) is 5.92 Å². The zero-order chi connectivity index (χ0) is 18.1. The molecule has 3 N–H and O–H groups in total. The third-order valence-corrected chi connectivity index (χ3v) is 5.52. The summed E-state index contributed by atoms with van der Waals surface area (Å²) in [6.07, 6.45) is 1.84. The molecule has 1 unspecified atom stereocenters. The molecule has 1 aromatic carbocycles. The van der Waals surface area contributed by atoms with Gasteiger partial charge in [0.25, 0.3) is 5.91 Å². The van der Waals surface area contributed by atoms with Gasteiger partial charge in [-0.05, 0) is 55.6 Å². The number of rotatable bonds is 6. The van der Waals surface area contributed by atoms with E-state index in [-0.39, 0.29) is 24.1 Å². The molecule has 0 spiro atoms. The van der Waals surface area contributed by atoms with Crippen LogP contribution in [0.15, 0.2) is 18.2 Å². The van der Waals surface area contributed by atoms with E-state index in [0.717, 1.165) is 43.2 Å². The zero-order valence-electron chi connectivity index (χ0n) is 14.7. The monoisotopic (exact) mass is 356 g/mol. The second kappa shape index (κ2) is 7.17. The van der Waals surface area contributed by atoms with Crippen LogP contribution in [0.5, 0.6) is 0 Å². The summed E-state index contributed by atoms with van der Waals surface area (Å²) in [6.45, 7) is 4.37. The van der Waals surface area contributed by atoms with Crippen molar-refractivity contribution in [2.45, 2.75) is 38.4 Å². The number of nitrogens with one attached hydrogen (secondary N) is 3. The largest absolute Gasteiger partial charge is 0.322 e. The molecule has 1 aromatic rings. The Balaban J connectivity index is 1.37. The highest BCUT2D eigenvalue weighted by atomic mass is 16.2. The number of hydrogen-bond donors (Lipinski definition) is 3. The first kappa shape index (κ1) is 17.2. The lowest BCUT2D eigenvalue weighted by molar-refractivity contribution is -0.136. The van der Waals surface area contributed by atoms with Crippen molar-refractivity contribution in [1.29, 1.82) is 0 Å². The molecule has 2 saturated heterocycles. The Bertz CT molecular complexity index is 744. The molecule has 3 amide bonds. The highest BCUT2D eigenvalue weighted by Gasteiger charge is 2.39. The smallest absolute Gasteiger partial charge is 0.255 e. The first-order valence-corrected chi connectivity index (χ1v) is 9.29. The Morgan fingerprint density at radius 1 is 1.19 bits per heavy atom. The van der Waals surface area contributed by atoms with Crippen molar-refractivity contribution in [1.82, 2.24) is 20.9 Å². The minimum absolute atomic E-state index is 0.114. The minimum atomic E-state index is -0.551. The maximum atomic E-state index is 12.8. The Morgan fingerprint density at radius 2 is 2.04 bits per heavy atom. The quantitative estimate of drug-likeness (QED) is 0.499. The summed E-state index contributed by atoms with van der Waals surface area (Å²) in [7, 11) is 0. The van der Waals surface area contributed by atoms with Gasteiger partial charge in [0.05, 0.1) is 0 Å². The van der Waals surface area contributed by atoms with Gasteiger partial charge in [0.15, 0.2) is 0 Å². The number of hydrogen-bond acceptors (Lipinski definition) is 5. The third kappa shape index (κ3) is 3.37. The molecule has 3 aliphatic heterocycles. The van der Waals surface area contributed by atoms with Crippen LogP contribution in [-0.4, -0.2) is 48.3 Å². The van der Waals surface area contributed by atoms with Gasteiger partial charge in [0.2, 0.25) is 11.8 Å². The van der Waals surface area contributed by atoms with Crippen LogP contribution in [0.3, 0.4) is 0 Å². The molecule has 7 nitrogen and oxygen atoms in total. The molecule has 4 rings (SSSR count). The molecule has 0 aliphatic carbocycles. The number of fused-ring (bicyclic) bond motifs is 1. The Morgan fingerprint density at radius 3 is 2.77 bits per heavy atom. The fourth-order valence-corrected chi connectivity index (χ4v) is 3.80. The van der Waals surface area contributed by atoms with E-state index in [1.165, 1.54) is 6.42 Å². The van der Waals surface area contributed by atoms with Gasteiger partial charge < -0.3 is 15.5 Å². The molecule has 7 heteroatoms. The van der Waals surface area contributed by atoms with Crippen LogP contribution < -0.4 is 16.0 Å². The van der Waals surface area contributed by atoms with Gasteiger partial charge in [-0.15, -0.1) is 0 Å². The molecule has 26 heavy (non-hydrogen) atoms. The lowest BCUT2D eigenvalue weighted by atomic mass is 9.99. The molecule has 0 saturated carbocycles. The van der Waals surface area contributed by atoms with Crippen LogP contribution in [-0.2, 0) is 22.7 Å². The number of amides is 3. The second-order valence-corrected chi connectivity index (χ2v) is 7.38. The van der Waals surface area contributed by atoms with Crippen LogP contribution in [0, 0.1) is 5.92 Å². The van der Waals surface area contributed by atoms with E-state index in [4.69, 9.17) is 0 Å². The summed E-state index contributed by atoms with van der Waals surface area (Å²) in [4.78, 5) is 37.8. The molecular weight excluding hydrogens is 332 g/mol. The van der Waals surface area contributed by atoms with Gasteiger partial charge >= 0.3 is 0 Å². The molecule has 0 aromatic heterocycles. The predicted octanol–water partition coefficient (Wildman–Crippen LogP) is 0.147. The number of piperidine rings is 1. The number of carbonyl (C=O) groups excluding carboxylic acids is 3. The lowest BCUT2D eigenvalue weighted by Crippen LogP contribution is -2.52. The Hall–Kier alpha value is -2.25. The highest BCUT2D eigenvalue weighted by molar-refractivity contribution is 6.05. The summed E-state index contributed by atoms with van der Waals surface area (Å²) in [5.74, 6) is 0.0410. The van der Waals surface area contributed by atoms with Crippen molar-refractivity contribution in [3.63, 3.8) is 0 Å². The van der Waals surface area contributed by atoms with Crippen molar-refractivity contribution in [3.05, 3.63) is 34.9 Å². The molecule has 138 valence electrons. The van der Waals surface area contributed by atoms with E-state index in [9.17, 15) is 14.4 Å². The van der Waals surface area contributed by atoms with Crippen molar-refractivity contribution in [3.8, 4) is 0 Å². The van der Waals surface area contributed by atoms with Gasteiger partial charge in [-0.2, -0.15) is 0 Å². The Kier molecular flexibility index (Phi) is 4.74. The molecule has 0 bridgehead atoms. The van der Waals surface area contributed by atoms with Crippen LogP contribution >= 0.6 is 0 Å². The van der Waals surface area contributed by atoms with Crippen LogP contribution in [0.2, 0.25) is 0 Å². The topological polar surface area (TPSA) is 90.5 Å². The average molecular weight is 356 g/mol. The Labute approximate surface area is 152 Å². The van der Waals surface area contributed by atoms with Gasteiger partial charge in [-0.1, -0.05) is 12.1 Å². The fraction of sp³-hybridized carbons (Fsp3) is 0.526. The summed E-state index contributed by atoms with van der Waals surface area (Å²) >= 11 is 0. The number of imide groups is 1. The SMILES string of the molecule is O=C1CCC(N2Cc3ccc(CNCCC4CNC4)cc3C2=O)C(=O)N1. The minimum Gasteiger partial charge on any atom is -0.322 e. The fourth-order valence-electron chi connectivity index (χ4n) is 3.80. The van der Waals surface area contributed by atoms with Gasteiger partial charge in [0, 0.05) is 25.1 Å². The normalized spacial score (nSPS) is 23.0. The molecule has 3 aliphatic rings. The average Bonchev–Trinajstić information content (AvgIpc) is 2.90. The summed E-state index contributed by atoms with van der Waals surface area (Å²) in [5, 5.41) is 9.04. The summed E-state index contributed by atoms with van der Waals surface area (Å²) in [6, 6.07) is 5.40. The maximum absolute atomic E-state index is 12.8. The standard InChI is InChI=1S/C19H24N4O3/c24-17-4-3-16(18(25)22-17)23-11-14-2-1-12(7-15(14)19(23)26)8-20-6-5-13-9-21-10-13/h1-2,7,13,16,20-21H,3-6,8-11H2,(H,22,24,25). The summed E-state index contributed by atoms with van der Waals surface area (Å²) in [5.41, 5.74) is 2.70. The highest BCUT2D eigenvalue weighted by Crippen LogP contribution is 2.28. The van der Waals surface area contributed by atoms with Gasteiger partial charge in [0.1, 0.15) is 6.04 Å². The van der Waals surface area contributed by atoms with Gasteiger partial charge in [-0.3, -0.25) is 19.7 Å². The number of benzene rings is 1. The van der Waals surface area contributed by atoms with Crippen LogP contribution in [0.4, 0.5) is 0 Å². The lowest BCUT2D eigenvalue weighted by Gasteiger charge is -2.29. The van der Waals surface area contributed by atoms with E-state index in [2.05, 4.69) is 16.0 Å². The van der Waals surface area contributed by atoms with Gasteiger partial charge in [-0.25, -0.2) is 0 Å². The first-order chi connectivity index (χ1) is 12.6. The van der Waals surface area contributed by atoms with Crippen LogP contribution in [0.25, 0.3) is 0 Å². The second-order valence-electron chi connectivity index (χ2n) is 7.38. The molecule has 0 radical (unpaired) electrons. The third-order valence-electron chi connectivity index (χ3n) is 5.52. The maximum Gasteiger partial charge on any atom is 0.255 e. The van der Waals surface area contributed by atoms with E-state index < -0.39 is 6.04 Å². The van der Waals surface area contributed by atoms with Crippen molar-refractivity contribution < 1.29 is 14.4 Å². The number of carbonyl (C=O) groups is 3. The molecule has 1 atom stereocenters. The zero-order valence-corrected chi connectivity index (χ0v) is 14.7.